The first-order valence-electron chi connectivity index (χ1n) is 10.2. The zero-order chi connectivity index (χ0) is 21.6. The molecule has 0 unspecified atom stereocenters. The number of benzene rings is 2. The minimum absolute atomic E-state index is 0.228. The lowest BCUT2D eigenvalue weighted by atomic mass is 9.98. The van der Waals surface area contributed by atoms with E-state index in [0.29, 0.717) is 11.5 Å². The Morgan fingerprint density at radius 1 is 1.26 bits per heavy atom. The third kappa shape index (κ3) is 4.90. The number of ether oxygens (including phenoxy) is 1. The maximum absolute atomic E-state index is 12.6. The number of amides is 1. The number of hydrogen-bond donors (Lipinski definition) is 2. The lowest BCUT2D eigenvalue weighted by Gasteiger charge is -2.17. The van der Waals surface area contributed by atoms with E-state index in [-0.39, 0.29) is 5.91 Å². The summed E-state index contributed by atoms with van der Waals surface area (Å²) in [6, 6.07) is 13.5. The van der Waals surface area contributed by atoms with Gasteiger partial charge in [0.25, 0.3) is 0 Å². The summed E-state index contributed by atoms with van der Waals surface area (Å²) in [6.45, 7) is 3.66. The molecule has 0 aliphatic carbocycles. The van der Waals surface area contributed by atoms with Gasteiger partial charge in [-0.05, 0) is 55.3 Å². The molecule has 0 atom stereocenters. The first-order valence-corrected chi connectivity index (χ1v) is 10.2. The van der Waals surface area contributed by atoms with Crippen LogP contribution in [-0.4, -0.2) is 40.9 Å². The van der Waals surface area contributed by atoms with E-state index in [2.05, 4.69) is 32.9 Å². The van der Waals surface area contributed by atoms with E-state index >= 15 is 0 Å². The van der Waals surface area contributed by atoms with Gasteiger partial charge in [-0.2, -0.15) is 5.10 Å². The molecule has 3 aromatic rings. The molecular formula is C24H25N5O2. The Bertz CT molecular complexity index is 1150. The Morgan fingerprint density at radius 2 is 2.13 bits per heavy atom. The normalized spacial score (nSPS) is 13.8. The van der Waals surface area contributed by atoms with Crippen LogP contribution in [0.5, 0.6) is 5.75 Å². The van der Waals surface area contributed by atoms with Crippen molar-refractivity contribution < 1.29 is 9.53 Å². The van der Waals surface area contributed by atoms with E-state index < -0.39 is 0 Å². The van der Waals surface area contributed by atoms with Gasteiger partial charge in [-0.3, -0.25) is 4.79 Å². The molecule has 0 saturated carbocycles. The summed E-state index contributed by atoms with van der Waals surface area (Å²) in [6.07, 6.45) is 8.08. The second kappa shape index (κ2) is 9.40. The predicted molar refractivity (Wildman–Crippen MR) is 122 cm³/mol. The first-order chi connectivity index (χ1) is 15.1. The number of nitrogens with zero attached hydrogens (tertiary/aromatic N) is 3. The van der Waals surface area contributed by atoms with Crippen LogP contribution in [0.1, 0.15) is 23.4 Å². The molecule has 7 heteroatoms. The van der Waals surface area contributed by atoms with Crippen molar-refractivity contribution in [2.45, 2.75) is 13.3 Å². The van der Waals surface area contributed by atoms with E-state index in [1.165, 1.54) is 11.6 Å². The Hall–Kier alpha value is -3.71. The number of carbonyl (C=O) groups excluding carboxylic acids is 1. The van der Waals surface area contributed by atoms with Crippen molar-refractivity contribution >= 4 is 23.2 Å². The molecule has 1 aromatic heterocycles. The standard InChI is InChI=1S/C24H25N5O2/c1-17-26-16-29(28-17)22-6-4-3-5-21(22)27-24(30)10-8-18-7-9-20(23(15-18)31-2)19-11-13-25-14-12-19/h3-11,15-16,25H,12-14H2,1-2H3,(H,27,30)/b10-8+. The molecule has 0 radical (unpaired) electrons. The fourth-order valence-corrected chi connectivity index (χ4v) is 3.53. The van der Waals surface area contributed by atoms with Gasteiger partial charge in [0, 0.05) is 18.2 Å². The second-order valence-electron chi connectivity index (χ2n) is 7.22. The summed E-state index contributed by atoms with van der Waals surface area (Å²) < 4.78 is 7.24. The third-order valence-corrected chi connectivity index (χ3v) is 5.08. The number of hydrogen-bond acceptors (Lipinski definition) is 5. The summed E-state index contributed by atoms with van der Waals surface area (Å²) >= 11 is 0. The second-order valence-corrected chi connectivity index (χ2v) is 7.22. The molecule has 1 aliphatic heterocycles. The van der Waals surface area contributed by atoms with E-state index in [1.807, 2.05) is 43.3 Å². The minimum Gasteiger partial charge on any atom is -0.496 e. The molecule has 0 bridgehead atoms. The number of para-hydroxylation sites is 2. The van der Waals surface area contributed by atoms with Crippen LogP contribution in [0.15, 0.2) is 60.9 Å². The molecular weight excluding hydrogens is 390 g/mol. The lowest BCUT2D eigenvalue weighted by molar-refractivity contribution is -0.111. The van der Waals surface area contributed by atoms with Crippen molar-refractivity contribution in [3.63, 3.8) is 0 Å². The maximum atomic E-state index is 12.6. The van der Waals surface area contributed by atoms with Gasteiger partial charge in [0.1, 0.15) is 17.9 Å². The molecule has 2 N–H and O–H groups in total. The van der Waals surface area contributed by atoms with Gasteiger partial charge >= 0.3 is 0 Å². The number of anilines is 1. The zero-order valence-electron chi connectivity index (χ0n) is 17.6. The molecule has 31 heavy (non-hydrogen) atoms. The Labute approximate surface area is 181 Å². The van der Waals surface area contributed by atoms with Crippen molar-refractivity contribution in [2.75, 3.05) is 25.5 Å². The van der Waals surface area contributed by atoms with Gasteiger partial charge < -0.3 is 15.4 Å². The van der Waals surface area contributed by atoms with E-state index in [0.717, 1.165) is 42.1 Å². The number of aryl methyl sites for hydroxylation is 1. The predicted octanol–water partition coefficient (Wildman–Crippen LogP) is 3.61. The average molecular weight is 415 g/mol. The number of nitrogens with one attached hydrogen (secondary N) is 2. The Morgan fingerprint density at radius 3 is 2.87 bits per heavy atom. The highest BCUT2D eigenvalue weighted by atomic mass is 16.5. The zero-order valence-corrected chi connectivity index (χ0v) is 17.6. The van der Waals surface area contributed by atoms with Gasteiger partial charge in [-0.1, -0.05) is 30.3 Å². The van der Waals surface area contributed by atoms with E-state index in [4.69, 9.17) is 4.74 Å². The monoisotopic (exact) mass is 415 g/mol. The summed E-state index contributed by atoms with van der Waals surface area (Å²) in [5.41, 5.74) is 4.69. The fraction of sp³-hybridized carbons (Fsp3) is 0.208. The molecule has 1 aliphatic rings. The van der Waals surface area contributed by atoms with Gasteiger partial charge in [-0.15, -0.1) is 0 Å². The molecule has 0 spiro atoms. The lowest BCUT2D eigenvalue weighted by Crippen LogP contribution is -2.20. The average Bonchev–Trinajstić information content (AvgIpc) is 3.24. The summed E-state index contributed by atoms with van der Waals surface area (Å²) in [5, 5.41) is 10.6. The molecule has 2 heterocycles. The molecule has 158 valence electrons. The Kier molecular flexibility index (Phi) is 6.24. The van der Waals surface area contributed by atoms with Crippen molar-refractivity contribution in [1.82, 2.24) is 20.1 Å². The summed E-state index contributed by atoms with van der Waals surface area (Å²) in [4.78, 5) is 16.7. The number of aromatic nitrogens is 3. The maximum Gasteiger partial charge on any atom is 0.248 e. The quantitative estimate of drug-likeness (QED) is 0.601. The minimum atomic E-state index is -0.228. The molecule has 7 nitrogen and oxygen atoms in total. The van der Waals surface area contributed by atoms with Gasteiger partial charge in [0.15, 0.2) is 0 Å². The van der Waals surface area contributed by atoms with Gasteiger partial charge in [0.05, 0.1) is 18.5 Å². The van der Waals surface area contributed by atoms with Gasteiger partial charge in [-0.25, -0.2) is 9.67 Å². The number of rotatable bonds is 6. The SMILES string of the molecule is COc1cc(/C=C/C(=O)Nc2ccccc2-n2cnc(C)n2)ccc1C1=CCNCC1. The summed E-state index contributed by atoms with van der Waals surface area (Å²) in [7, 11) is 1.67. The van der Waals surface area contributed by atoms with Crippen molar-refractivity contribution in [2.24, 2.45) is 0 Å². The van der Waals surface area contributed by atoms with Crippen LogP contribution < -0.4 is 15.4 Å². The number of methoxy groups -OCH3 is 1. The van der Waals surface area contributed by atoms with Crippen LogP contribution in [0.4, 0.5) is 5.69 Å². The van der Waals surface area contributed by atoms with Gasteiger partial charge in [0.2, 0.25) is 5.91 Å². The van der Waals surface area contributed by atoms with Crippen LogP contribution in [0.2, 0.25) is 0 Å². The molecule has 0 fully saturated rings. The van der Waals surface area contributed by atoms with E-state index in [1.54, 1.807) is 24.2 Å². The molecule has 0 saturated heterocycles. The molecule has 1 amide bonds. The number of carbonyl (C=O) groups is 1. The highest BCUT2D eigenvalue weighted by Gasteiger charge is 2.12. The van der Waals surface area contributed by atoms with Crippen molar-refractivity contribution in [1.29, 1.82) is 0 Å². The summed E-state index contributed by atoms with van der Waals surface area (Å²) in [5.74, 6) is 1.25. The molecule has 4 rings (SSSR count). The van der Waals surface area contributed by atoms with Crippen LogP contribution in [0, 0.1) is 6.92 Å². The molecule has 2 aromatic carbocycles. The van der Waals surface area contributed by atoms with Crippen molar-refractivity contribution in [3.8, 4) is 11.4 Å². The highest BCUT2D eigenvalue weighted by Crippen LogP contribution is 2.30. The Balaban J connectivity index is 1.49. The van der Waals surface area contributed by atoms with Crippen LogP contribution in [-0.2, 0) is 4.79 Å². The van der Waals surface area contributed by atoms with Crippen LogP contribution >= 0.6 is 0 Å². The smallest absolute Gasteiger partial charge is 0.248 e. The third-order valence-electron chi connectivity index (χ3n) is 5.08. The van der Waals surface area contributed by atoms with Crippen LogP contribution in [0.25, 0.3) is 17.3 Å². The largest absolute Gasteiger partial charge is 0.496 e. The highest BCUT2D eigenvalue weighted by molar-refractivity contribution is 6.03. The van der Waals surface area contributed by atoms with Crippen molar-refractivity contribution in [3.05, 3.63) is 77.9 Å². The fourth-order valence-electron chi connectivity index (χ4n) is 3.53. The first kappa shape index (κ1) is 20.6. The topological polar surface area (TPSA) is 81.1 Å². The van der Waals surface area contributed by atoms with E-state index in [9.17, 15) is 4.79 Å². The van der Waals surface area contributed by atoms with Crippen LogP contribution in [0.3, 0.4) is 0 Å².